The molecule has 1 saturated carbocycles. The summed E-state index contributed by atoms with van der Waals surface area (Å²) in [5, 5.41) is 9.51. The number of hydrogen-bond acceptors (Lipinski definition) is 2. The Morgan fingerprint density at radius 2 is 2.13 bits per heavy atom. The van der Waals surface area contributed by atoms with Crippen LogP contribution in [-0.2, 0) is 0 Å². The molecular formula is C12H16BrNO. The lowest BCUT2D eigenvalue weighted by Crippen LogP contribution is -2.19. The van der Waals surface area contributed by atoms with Crippen molar-refractivity contribution >= 4 is 21.6 Å². The molecule has 0 heterocycles. The zero-order valence-electron chi connectivity index (χ0n) is 9.07. The summed E-state index contributed by atoms with van der Waals surface area (Å²) in [5.74, 6) is 0. The first kappa shape index (κ1) is 11.0. The minimum absolute atomic E-state index is 0.417. The van der Waals surface area contributed by atoms with Crippen LogP contribution in [0.2, 0.25) is 0 Å². The fraction of sp³-hybridized carbons (Fsp3) is 0.500. The van der Waals surface area contributed by atoms with E-state index in [0.29, 0.717) is 6.04 Å². The Hall–Kier alpha value is -0.540. The molecule has 1 N–H and O–H groups in total. The van der Waals surface area contributed by atoms with Crippen LogP contribution in [0.3, 0.4) is 0 Å². The molecule has 82 valence electrons. The second-order valence-corrected chi connectivity index (χ2v) is 5.08. The summed E-state index contributed by atoms with van der Waals surface area (Å²) < 4.78 is 0.988. The maximum absolute atomic E-state index is 9.51. The van der Waals surface area contributed by atoms with Crippen molar-refractivity contribution in [3.63, 3.8) is 0 Å². The standard InChI is InChI=1S/C12H16BrNO/c1-8(15)11-6-5-10(7-12(11)13)14(2)9-3-4-9/h5-9,15H,3-4H2,1-2H3. The molecule has 0 radical (unpaired) electrons. The minimum Gasteiger partial charge on any atom is -0.389 e. The highest BCUT2D eigenvalue weighted by Crippen LogP contribution is 2.33. The van der Waals surface area contributed by atoms with Gasteiger partial charge in [-0.25, -0.2) is 0 Å². The highest BCUT2D eigenvalue weighted by Gasteiger charge is 2.26. The Balaban J connectivity index is 2.24. The Kier molecular flexibility index (Phi) is 3.03. The van der Waals surface area contributed by atoms with Crippen molar-refractivity contribution in [2.24, 2.45) is 0 Å². The number of aliphatic hydroxyl groups is 1. The molecule has 0 bridgehead atoms. The second kappa shape index (κ2) is 4.14. The molecule has 0 amide bonds. The summed E-state index contributed by atoms with van der Waals surface area (Å²) in [4.78, 5) is 2.30. The van der Waals surface area contributed by atoms with Crippen LogP contribution in [0.5, 0.6) is 0 Å². The van der Waals surface area contributed by atoms with Crippen molar-refractivity contribution in [3.8, 4) is 0 Å². The zero-order chi connectivity index (χ0) is 11.0. The molecule has 3 heteroatoms. The van der Waals surface area contributed by atoms with E-state index < -0.39 is 6.10 Å². The van der Waals surface area contributed by atoms with Crippen molar-refractivity contribution in [1.29, 1.82) is 0 Å². The van der Waals surface area contributed by atoms with E-state index in [-0.39, 0.29) is 0 Å². The number of benzene rings is 1. The third-order valence-corrected chi connectivity index (χ3v) is 3.62. The van der Waals surface area contributed by atoms with Gasteiger partial charge in [-0.3, -0.25) is 0 Å². The third kappa shape index (κ3) is 2.34. The van der Waals surface area contributed by atoms with Crippen LogP contribution in [0.25, 0.3) is 0 Å². The minimum atomic E-state index is -0.417. The number of halogens is 1. The Labute approximate surface area is 99.0 Å². The molecule has 0 spiro atoms. The lowest BCUT2D eigenvalue weighted by Gasteiger charge is -2.20. The summed E-state index contributed by atoms with van der Waals surface area (Å²) in [6.07, 6.45) is 2.18. The summed E-state index contributed by atoms with van der Waals surface area (Å²) in [7, 11) is 2.13. The van der Waals surface area contributed by atoms with Crippen molar-refractivity contribution in [1.82, 2.24) is 0 Å². The molecule has 1 aliphatic carbocycles. The number of hydrogen-bond donors (Lipinski definition) is 1. The maximum Gasteiger partial charge on any atom is 0.0772 e. The van der Waals surface area contributed by atoms with Gasteiger partial charge in [0.05, 0.1) is 6.10 Å². The fourth-order valence-electron chi connectivity index (χ4n) is 1.75. The Bertz CT molecular complexity index is 361. The SMILES string of the molecule is CC(O)c1ccc(N(C)C2CC2)cc1Br. The topological polar surface area (TPSA) is 23.5 Å². The summed E-state index contributed by atoms with van der Waals surface area (Å²) in [6, 6.07) is 6.86. The fourth-order valence-corrected chi connectivity index (χ4v) is 2.44. The Morgan fingerprint density at radius 3 is 2.60 bits per heavy atom. The summed E-state index contributed by atoms with van der Waals surface area (Å²) >= 11 is 3.50. The lowest BCUT2D eigenvalue weighted by molar-refractivity contribution is 0.198. The number of nitrogens with zero attached hydrogens (tertiary/aromatic N) is 1. The van der Waals surface area contributed by atoms with Crippen LogP contribution in [0.15, 0.2) is 22.7 Å². The van der Waals surface area contributed by atoms with Crippen LogP contribution in [-0.4, -0.2) is 18.2 Å². The van der Waals surface area contributed by atoms with Crippen molar-refractivity contribution in [2.45, 2.75) is 31.9 Å². The molecule has 1 atom stereocenters. The molecule has 1 aromatic carbocycles. The molecule has 2 rings (SSSR count). The molecule has 1 fully saturated rings. The van der Waals surface area contributed by atoms with E-state index >= 15 is 0 Å². The van der Waals surface area contributed by atoms with Crippen LogP contribution in [0.1, 0.15) is 31.4 Å². The first-order valence-electron chi connectivity index (χ1n) is 5.30. The first-order valence-corrected chi connectivity index (χ1v) is 6.09. The van der Waals surface area contributed by atoms with E-state index in [2.05, 4.69) is 40.0 Å². The molecule has 0 aromatic heterocycles. The highest BCUT2D eigenvalue weighted by atomic mass is 79.9. The van der Waals surface area contributed by atoms with Gasteiger partial charge in [0.1, 0.15) is 0 Å². The molecular weight excluding hydrogens is 254 g/mol. The zero-order valence-corrected chi connectivity index (χ0v) is 10.7. The third-order valence-electron chi connectivity index (χ3n) is 2.94. The van der Waals surface area contributed by atoms with Gasteiger partial charge in [-0.1, -0.05) is 22.0 Å². The van der Waals surface area contributed by atoms with E-state index in [4.69, 9.17) is 0 Å². The largest absolute Gasteiger partial charge is 0.389 e. The smallest absolute Gasteiger partial charge is 0.0772 e. The van der Waals surface area contributed by atoms with Crippen LogP contribution in [0, 0.1) is 0 Å². The molecule has 1 aromatic rings. The van der Waals surface area contributed by atoms with Gasteiger partial charge in [-0.2, -0.15) is 0 Å². The first-order chi connectivity index (χ1) is 7.09. The van der Waals surface area contributed by atoms with Crippen LogP contribution in [0.4, 0.5) is 5.69 Å². The van der Waals surface area contributed by atoms with Gasteiger partial charge in [-0.15, -0.1) is 0 Å². The maximum atomic E-state index is 9.51. The van der Waals surface area contributed by atoms with E-state index in [1.165, 1.54) is 18.5 Å². The van der Waals surface area contributed by atoms with E-state index in [1.807, 2.05) is 6.07 Å². The van der Waals surface area contributed by atoms with Crippen LogP contribution >= 0.6 is 15.9 Å². The van der Waals surface area contributed by atoms with E-state index in [0.717, 1.165) is 10.0 Å². The average Bonchev–Trinajstić information content (AvgIpc) is 2.99. The van der Waals surface area contributed by atoms with Gasteiger partial charge in [0.15, 0.2) is 0 Å². The average molecular weight is 270 g/mol. The van der Waals surface area contributed by atoms with Crippen molar-refractivity contribution in [3.05, 3.63) is 28.2 Å². The number of aliphatic hydroxyl groups excluding tert-OH is 1. The number of anilines is 1. The lowest BCUT2D eigenvalue weighted by atomic mass is 10.1. The predicted octanol–water partition coefficient (Wildman–Crippen LogP) is 3.10. The van der Waals surface area contributed by atoms with Gasteiger partial charge < -0.3 is 10.0 Å². The molecule has 15 heavy (non-hydrogen) atoms. The second-order valence-electron chi connectivity index (χ2n) is 4.22. The van der Waals surface area contributed by atoms with Gasteiger partial charge in [0.25, 0.3) is 0 Å². The summed E-state index contributed by atoms with van der Waals surface area (Å²) in [6.45, 7) is 1.78. The molecule has 1 aliphatic rings. The number of rotatable bonds is 3. The molecule has 0 saturated heterocycles. The van der Waals surface area contributed by atoms with E-state index in [9.17, 15) is 5.11 Å². The van der Waals surface area contributed by atoms with E-state index in [1.54, 1.807) is 6.92 Å². The quantitative estimate of drug-likeness (QED) is 0.912. The normalized spacial score (nSPS) is 17.6. The summed E-state index contributed by atoms with van der Waals surface area (Å²) in [5.41, 5.74) is 2.16. The van der Waals surface area contributed by atoms with Crippen LogP contribution < -0.4 is 4.90 Å². The Morgan fingerprint density at radius 1 is 1.47 bits per heavy atom. The molecule has 1 unspecified atom stereocenters. The van der Waals surface area contributed by atoms with Gasteiger partial charge in [0.2, 0.25) is 0 Å². The molecule has 0 aliphatic heterocycles. The predicted molar refractivity (Wildman–Crippen MR) is 66.2 cm³/mol. The molecule has 2 nitrogen and oxygen atoms in total. The van der Waals surface area contributed by atoms with Gasteiger partial charge >= 0.3 is 0 Å². The van der Waals surface area contributed by atoms with Crippen molar-refractivity contribution in [2.75, 3.05) is 11.9 Å². The monoisotopic (exact) mass is 269 g/mol. The highest BCUT2D eigenvalue weighted by molar-refractivity contribution is 9.10. The van der Waals surface area contributed by atoms with Gasteiger partial charge in [-0.05, 0) is 37.5 Å². The van der Waals surface area contributed by atoms with Crippen molar-refractivity contribution < 1.29 is 5.11 Å². The van der Waals surface area contributed by atoms with Gasteiger partial charge in [0, 0.05) is 23.2 Å².